The first kappa shape index (κ1) is 22.7. The predicted octanol–water partition coefficient (Wildman–Crippen LogP) is 1.36. The molecule has 4 rings (SSSR count). The van der Waals surface area contributed by atoms with Gasteiger partial charge in [0.1, 0.15) is 22.9 Å². The Morgan fingerprint density at radius 3 is 2.73 bits per heavy atom. The van der Waals surface area contributed by atoms with E-state index in [2.05, 4.69) is 5.32 Å². The molecule has 2 aliphatic rings. The quantitative estimate of drug-likeness (QED) is 0.642. The number of aromatic nitrogens is 1. The minimum atomic E-state index is -0.970. The third-order valence-electron chi connectivity index (χ3n) is 6.04. The third-order valence-corrected chi connectivity index (χ3v) is 6.04. The first-order valence-electron chi connectivity index (χ1n) is 10.4. The van der Waals surface area contributed by atoms with Gasteiger partial charge in [-0.1, -0.05) is 0 Å². The molecule has 2 amide bonds. The molecule has 0 radical (unpaired) electrons. The summed E-state index contributed by atoms with van der Waals surface area (Å²) in [4.78, 5) is 40.3. The van der Waals surface area contributed by atoms with E-state index >= 15 is 0 Å². The summed E-state index contributed by atoms with van der Waals surface area (Å²) in [5.74, 6) is -3.98. The van der Waals surface area contributed by atoms with Crippen molar-refractivity contribution in [2.24, 2.45) is 0 Å². The molecule has 2 N–H and O–H groups in total. The van der Waals surface area contributed by atoms with Gasteiger partial charge in [0.05, 0.1) is 19.8 Å². The third kappa shape index (κ3) is 3.82. The number of pyridine rings is 1. The van der Waals surface area contributed by atoms with Crippen molar-refractivity contribution in [1.82, 2.24) is 14.8 Å². The van der Waals surface area contributed by atoms with Crippen LogP contribution in [0.4, 0.5) is 8.78 Å². The van der Waals surface area contributed by atoms with E-state index in [4.69, 9.17) is 9.47 Å². The molecule has 0 fully saturated rings. The zero-order valence-corrected chi connectivity index (χ0v) is 18.1. The number of carbonyl (C=O) groups is 2. The number of benzene rings is 1. The highest BCUT2D eigenvalue weighted by Gasteiger charge is 2.41. The molecule has 1 atom stereocenters. The van der Waals surface area contributed by atoms with E-state index in [1.807, 2.05) is 0 Å². The second-order valence-electron chi connectivity index (χ2n) is 7.91. The molecule has 9 nitrogen and oxygen atoms in total. The SMILES string of the molecule is COCCN1CC2CCc3c(C(=O)NCc4c(F)cc(F)cc4OC)c(=O)c(O)c(n32)C1=O. The van der Waals surface area contributed by atoms with Crippen molar-refractivity contribution < 1.29 is 33.0 Å². The van der Waals surface area contributed by atoms with Crippen molar-refractivity contribution in [3.63, 3.8) is 0 Å². The zero-order chi connectivity index (χ0) is 23.9. The lowest BCUT2D eigenvalue weighted by Crippen LogP contribution is -2.45. The van der Waals surface area contributed by atoms with Gasteiger partial charge in [0, 0.05) is 50.1 Å². The summed E-state index contributed by atoms with van der Waals surface area (Å²) in [6, 6.07) is 1.45. The van der Waals surface area contributed by atoms with Crippen molar-refractivity contribution >= 4 is 11.8 Å². The van der Waals surface area contributed by atoms with Crippen LogP contribution in [0.25, 0.3) is 0 Å². The Kier molecular flexibility index (Phi) is 6.07. The minimum absolute atomic E-state index is 0.0900. The van der Waals surface area contributed by atoms with Crippen LogP contribution in [0.2, 0.25) is 0 Å². The standard InChI is InChI=1S/C22H23F2N3O6/c1-32-6-5-26-10-12-3-4-15-17(19(28)20(29)18(22(26)31)27(12)15)21(30)25-9-13-14(24)7-11(23)8-16(13)33-2/h7-8,12,29H,3-6,9-10H2,1-2H3,(H,25,30). The number of rotatable bonds is 7. The van der Waals surface area contributed by atoms with Crippen LogP contribution in [-0.2, 0) is 17.7 Å². The van der Waals surface area contributed by atoms with Crippen LogP contribution >= 0.6 is 0 Å². The molecular formula is C22H23F2N3O6. The van der Waals surface area contributed by atoms with Gasteiger partial charge < -0.3 is 29.4 Å². The molecule has 33 heavy (non-hydrogen) atoms. The molecule has 0 aliphatic carbocycles. The summed E-state index contributed by atoms with van der Waals surface area (Å²) in [7, 11) is 2.75. The number of aromatic hydroxyl groups is 1. The van der Waals surface area contributed by atoms with Crippen LogP contribution < -0.4 is 15.5 Å². The van der Waals surface area contributed by atoms with E-state index in [1.165, 1.54) is 19.1 Å². The second kappa shape index (κ2) is 8.81. The average molecular weight is 463 g/mol. The van der Waals surface area contributed by atoms with Crippen LogP contribution in [0.3, 0.4) is 0 Å². The Morgan fingerprint density at radius 1 is 1.27 bits per heavy atom. The zero-order valence-electron chi connectivity index (χ0n) is 18.1. The molecule has 1 unspecified atom stereocenters. The van der Waals surface area contributed by atoms with Crippen LogP contribution in [-0.4, -0.2) is 60.3 Å². The maximum absolute atomic E-state index is 14.2. The molecule has 0 saturated heterocycles. The number of ether oxygens (including phenoxy) is 2. The first-order chi connectivity index (χ1) is 15.8. The number of carbonyl (C=O) groups excluding carboxylic acids is 2. The molecule has 2 aliphatic heterocycles. The van der Waals surface area contributed by atoms with E-state index in [0.717, 1.165) is 6.07 Å². The summed E-state index contributed by atoms with van der Waals surface area (Å²) in [6.07, 6.45) is 0.933. The summed E-state index contributed by atoms with van der Waals surface area (Å²) in [5.41, 5.74) is -1.14. The number of hydrogen-bond donors (Lipinski definition) is 2. The largest absolute Gasteiger partial charge is 0.503 e. The second-order valence-corrected chi connectivity index (χ2v) is 7.91. The van der Waals surface area contributed by atoms with E-state index in [0.29, 0.717) is 44.3 Å². The lowest BCUT2D eigenvalue weighted by atomic mass is 10.1. The molecule has 0 spiro atoms. The molecule has 1 aromatic heterocycles. The number of nitrogens with one attached hydrogen (secondary N) is 1. The van der Waals surface area contributed by atoms with E-state index in [9.17, 15) is 28.3 Å². The van der Waals surface area contributed by atoms with Gasteiger partial charge in [-0.05, 0) is 12.8 Å². The molecule has 0 bridgehead atoms. The highest BCUT2D eigenvalue weighted by atomic mass is 19.1. The summed E-state index contributed by atoms with van der Waals surface area (Å²) >= 11 is 0. The van der Waals surface area contributed by atoms with Crippen LogP contribution in [0.5, 0.6) is 11.5 Å². The maximum atomic E-state index is 14.2. The van der Waals surface area contributed by atoms with Gasteiger partial charge in [-0.15, -0.1) is 0 Å². The number of methoxy groups -OCH3 is 2. The van der Waals surface area contributed by atoms with E-state index in [1.54, 1.807) is 4.57 Å². The topological polar surface area (TPSA) is 110 Å². The molecule has 0 saturated carbocycles. The van der Waals surface area contributed by atoms with Crippen molar-refractivity contribution in [1.29, 1.82) is 0 Å². The first-order valence-corrected chi connectivity index (χ1v) is 10.4. The fraction of sp³-hybridized carbons (Fsp3) is 0.409. The lowest BCUT2D eigenvalue weighted by molar-refractivity contribution is 0.0598. The van der Waals surface area contributed by atoms with Crippen molar-refractivity contribution in [3.05, 3.63) is 56.5 Å². The highest BCUT2D eigenvalue weighted by molar-refractivity contribution is 6.00. The predicted molar refractivity (Wildman–Crippen MR) is 112 cm³/mol. The Bertz CT molecular complexity index is 1200. The van der Waals surface area contributed by atoms with Crippen molar-refractivity contribution in [2.75, 3.05) is 33.9 Å². The molecular weight excluding hydrogens is 440 g/mol. The smallest absolute Gasteiger partial charge is 0.274 e. The normalized spacial score (nSPS) is 16.7. The lowest BCUT2D eigenvalue weighted by Gasteiger charge is -2.34. The van der Waals surface area contributed by atoms with Gasteiger partial charge in [-0.3, -0.25) is 14.4 Å². The van der Waals surface area contributed by atoms with Gasteiger partial charge in [0.2, 0.25) is 5.43 Å². The van der Waals surface area contributed by atoms with E-state index in [-0.39, 0.29) is 35.2 Å². The number of amides is 2. The van der Waals surface area contributed by atoms with Gasteiger partial charge in [-0.25, -0.2) is 8.78 Å². The Balaban J connectivity index is 1.68. The fourth-order valence-electron chi connectivity index (χ4n) is 4.49. The Hall–Kier alpha value is -3.47. The Morgan fingerprint density at radius 2 is 2.03 bits per heavy atom. The molecule has 1 aromatic carbocycles. The maximum Gasteiger partial charge on any atom is 0.274 e. The molecule has 176 valence electrons. The molecule has 11 heteroatoms. The average Bonchev–Trinajstić information content (AvgIpc) is 3.19. The van der Waals surface area contributed by atoms with Gasteiger partial charge in [0.25, 0.3) is 11.8 Å². The molecule has 2 aromatic rings. The van der Waals surface area contributed by atoms with Crippen molar-refractivity contribution in [2.45, 2.75) is 25.4 Å². The van der Waals surface area contributed by atoms with Crippen LogP contribution in [0.1, 0.15) is 44.6 Å². The summed E-state index contributed by atoms with van der Waals surface area (Å²) in [6.45, 7) is 0.606. The monoisotopic (exact) mass is 463 g/mol. The summed E-state index contributed by atoms with van der Waals surface area (Å²) in [5, 5.41) is 13.0. The van der Waals surface area contributed by atoms with Gasteiger partial charge in [0.15, 0.2) is 11.4 Å². The summed E-state index contributed by atoms with van der Waals surface area (Å²) < 4.78 is 39.2. The van der Waals surface area contributed by atoms with Gasteiger partial charge >= 0.3 is 0 Å². The minimum Gasteiger partial charge on any atom is -0.503 e. The number of hydrogen-bond acceptors (Lipinski definition) is 6. The number of halogens is 2. The van der Waals surface area contributed by atoms with Crippen LogP contribution in [0, 0.1) is 11.6 Å². The number of nitrogens with zero attached hydrogens (tertiary/aromatic N) is 2. The Labute approximate surface area is 187 Å². The van der Waals surface area contributed by atoms with Crippen molar-refractivity contribution in [3.8, 4) is 11.5 Å². The van der Waals surface area contributed by atoms with Crippen LogP contribution in [0.15, 0.2) is 16.9 Å². The highest BCUT2D eigenvalue weighted by Crippen LogP contribution is 2.36. The fourth-order valence-corrected chi connectivity index (χ4v) is 4.49. The molecule has 3 heterocycles. The van der Waals surface area contributed by atoms with Gasteiger partial charge in [-0.2, -0.15) is 0 Å². The van der Waals surface area contributed by atoms with E-state index < -0.39 is 34.6 Å².